The van der Waals surface area contributed by atoms with Gasteiger partial charge in [-0.1, -0.05) is 23.4 Å². The molecule has 0 fully saturated rings. The van der Waals surface area contributed by atoms with Gasteiger partial charge < -0.3 is 4.98 Å². The second-order valence-electron chi connectivity index (χ2n) is 5.65. The molecule has 8 heteroatoms. The highest BCUT2D eigenvalue weighted by Gasteiger charge is 2.18. The molecule has 4 aromatic rings. The number of rotatable bonds is 6. The number of hydrogen-bond donors (Lipinski definition) is 1. The highest BCUT2D eigenvalue weighted by molar-refractivity contribution is 7.99. The maximum atomic E-state index is 12.3. The van der Waals surface area contributed by atoms with E-state index in [1.54, 1.807) is 30.7 Å². The van der Waals surface area contributed by atoms with Crippen LogP contribution in [0.4, 0.5) is 0 Å². The Balaban J connectivity index is 1.70. The standard InChI is InChI=1S/C19H14ClN5OS/c20-14-3-5-15(6-4-14)25-18(13-7-10-21-11-8-13)23-24-19(25)27-12-17(26)16-2-1-9-22-16/h1-11,22H,12H2. The zero-order valence-electron chi connectivity index (χ0n) is 14.0. The molecule has 134 valence electrons. The number of carbonyl (C=O) groups is 1. The first-order valence-electron chi connectivity index (χ1n) is 8.13. The third-order valence-corrected chi connectivity index (χ3v) is 5.07. The number of aromatic amines is 1. The zero-order chi connectivity index (χ0) is 18.6. The Kier molecular flexibility index (Phi) is 5.04. The van der Waals surface area contributed by atoms with Crippen molar-refractivity contribution in [3.63, 3.8) is 0 Å². The Labute approximate surface area is 164 Å². The molecule has 0 radical (unpaired) electrons. The van der Waals surface area contributed by atoms with Gasteiger partial charge in [-0.2, -0.15) is 0 Å². The summed E-state index contributed by atoms with van der Waals surface area (Å²) in [6.45, 7) is 0. The molecule has 3 heterocycles. The normalized spacial score (nSPS) is 10.9. The molecule has 0 atom stereocenters. The van der Waals surface area contributed by atoms with Gasteiger partial charge >= 0.3 is 0 Å². The van der Waals surface area contributed by atoms with Crippen LogP contribution in [0.3, 0.4) is 0 Å². The molecule has 0 aliphatic carbocycles. The van der Waals surface area contributed by atoms with Gasteiger partial charge in [-0.05, 0) is 48.5 Å². The third kappa shape index (κ3) is 3.79. The molecular formula is C19H14ClN5OS. The third-order valence-electron chi connectivity index (χ3n) is 3.89. The van der Waals surface area contributed by atoms with E-state index in [0.717, 1.165) is 11.3 Å². The summed E-state index contributed by atoms with van der Waals surface area (Å²) in [5, 5.41) is 9.92. The second-order valence-corrected chi connectivity index (χ2v) is 7.03. The summed E-state index contributed by atoms with van der Waals surface area (Å²) >= 11 is 7.37. The van der Waals surface area contributed by atoms with E-state index in [-0.39, 0.29) is 11.5 Å². The Morgan fingerprint density at radius 1 is 1.07 bits per heavy atom. The molecule has 0 aliphatic rings. The number of pyridine rings is 1. The molecule has 0 saturated carbocycles. The van der Waals surface area contributed by atoms with Gasteiger partial charge in [0.1, 0.15) is 0 Å². The number of benzene rings is 1. The van der Waals surface area contributed by atoms with Gasteiger partial charge in [0.15, 0.2) is 16.8 Å². The van der Waals surface area contributed by atoms with Gasteiger partial charge in [0.25, 0.3) is 0 Å². The first-order chi connectivity index (χ1) is 13.2. The van der Waals surface area contributed by atoms with Crippen LogP contribution >= 0.6 is 23.4 Å². The van der Waals surface area contributed by atoms with Gasteiger partial charge in [-0.3, -0.25) is 14.3 Å². The van der Waals surface area contributed by atoms with Crippen LogP contribution in [0.15, 0.2) is 72.3 Å². The maximum absolute atomic E-state index is 12.3. The zero-order valence-corrected chi connectivity index (χ0v) is 15.6. The minimum Gasteiger partial charge on any atom is -0.359 e. The number of nitrogens with zero attached hydrogens (tertiary/aromatic N) is 4. The van der Waals surface area contributed by atoms with Crippen LogP contribution in [0.25, 0.3) is 17.1 Å². The van der Waals surface area contributed by atoms with Crippen molar-refractivity contribution in [3.05, 3.63) is 77.8 Å². The van der Waals surface area contributed by atoms with Gasteiger partial charge in [0.05, 0.1) is 11.4 Å². The number of carbonyl (C=O) groups excluding carboxylic acids is 1. The van der Waals surface area contributed by atoms with Crippen molar-refractivity contribution in [1.29, 1.82) is 0 Å². The number of nitrogens with one attached hydrogen (secondary N) is 1. The van der Waals surface area contributed by atoms with Crippen LogP contribution in [0.1, 0.15) is 10.5 Å². The minimum absolute atomic E-state index is 0.00103. The molecule has 0 aliphatic heterocycles. The lowest BCUT2D eigenvalue weighted by molar-refractivity contribution is 0.101. The number of halogens is 1. The molecule has 4 rings (SSSR count). The number of thioether (sulfide) groups is 1. The Hall–Kier alpha value is -2.90. The lowest BCUT2D eigenvalue weighted by atomic mass is 10.2. The first-order valence-corrected chi connectivity index (χ1v) is 9.50. The highest BCUT2D eigenvalue weighted by atomic mass is 35.5. The number of hydrogen-bond acceptors (Lipinski definition) is 5. The summed E-state index contributed by atoms with van der Waals surface area (Å²) in [5.41, 5.74) is 2.33. The van der Waals surface area contributed by atoms with E-state index in [0.29, 0.717) is 21.7 Å². The van der Waals surface area contributed by atoms with Crippen molar-refractivity contribution >= 4 is 29.1 Å². The van der Waals surface area contributed by atoms with Crippen molar-refractivity contribution in [2.45, 2.75) is 5.16 Å². The molecule has 0 spiro atoms. The predicted octanol–water partition coefficient (Wildman–Crippen LogP) is 4.29. The monoisotopic (exact) mass is 395 g/mol. The van der Waals surface area contributed by atoms with Gasteiger partial charge in [0.2, 0.25) is 0 Å². The van der Waals surface area contributed by atoms with E-state index in [1.165, 1.54) is 11.8 Å². The second kappa shape index (κ2) is 7.77. The number of H-pyrrole nitrogens is 1. The SMILES string of the molecule is O=C(CSc1nnc(-c2ccncc2)n1-c1ccc(Cl)cc1)c1ccc[nH]1. The summed E-state index contributed by atoms with van der Waals surface area (Å²) in [4.78, 5) is 19.3. The molecule has 0 amide bonds. The Morgan fingerprint density at radius 3 is 2.56 bits per heavy atom. The molecular weight excluding hydrogens is 382 g/mol. The summed E-state index contributed by atoms with van der Waals surface area (Å²) in [7, 11) is 0. The fourth-order valence-corrected chi connectivity index (χ4v) is 3.55. The molecule has 6 nitrogen and oxygen atoms in total. The summed E-state index contributed by atoms with van der Waals surface area (Å²) < 4.78 is 1.91. The molecule has 1 aromatic carbocycles. The van der Waals surface area contributed by atoms with Gasteiger partial charge in [0, 0.05) is 34.9 Å². The lowest BCUT2D eigenvalue weighted by Crippen LogP contribution is -2.05. The highest BCUT2D eigenvalue weighted by Crippen LogP contribution is 2.28. The maximum Gasteiger partial charge on any atom is 0.196 e. The fraction of sp³-hybridized carbons (Fsp3) is 0.0526. The Morgan fingerprint density at radius 2 is 1.85 bits per heavy atom. The van der Waals surface area contributed by atoms with Crippen molar-refractivity contribution in [3.8, 4) is 17.1 Å². The molecule has 1 N–H and O–H groups in total. The number of Topliss-reactive ketones (excluding diaryl/α,β-unsaturated/α-hetero) is 1. The van der Waals surface area contributed by atoms with Gasteiger partial charge in [-0.25, -0.2) is 0 Å². The minimum atomic E-state index is 0.00103. The van der Waals surface area contributed by atoms with E-state index in [1.807, 2.05) is 41.0 Å². The average molecular weight is 396 g/mol. The van der Waals surface area contributed by atoms with Crippen molar-refractivity contribution in [2.75, 3.05) is 5.75 Å². The quantitative estimate of drug-likeness (QED) is 0.389. The Bertz CT molecular complexity index is 1050. The van der Waals surface area contributed by atoms with Crippen LogP contribution in [0, 0.1) is 0 Å². The topological polar surface area (TPSA) is 76.5 Å². The molecule has 27 heavy (non-hydrogen) atoms. The number of ketones is 1. The van der Waals surface area contributed by atoms with E-state index in [4.69, 9.17) is 11.6 Å². The largest absolute Gasteiger partial charge is 0.359 e. The van der Waals surface area contributed by atoms with Crippen LogP contribution in [0.5, 0.6) is 0 Å². The van der Waals surface area contributed by atoms with E-state index < -0.39 is 0 Å². The van der Waals surface area contributed by atoms with Gasteiger partial charge in [-0.15, -0.1) is 10.2 Å². The molecule has 0 saturated heterocycles. The molecule has 3 aromatic heterocycles. The smallest absolute Gasteiger partial charge is 0.196 e. The van der Waals surface area contributed by atoms with Crippen molar-refractivity contribution in [1.82, 2.24) is 24.7 Å². The molecule has 0 bridgehead atoms. The van der Waals surface area contributed by atoms with Crippen LogP contribution < -0.4 is 0 Å². The van der Waals surface area contributed by atoms with Crippen LogP contribution in [-0.4, -0.2) is 36.3 Å². The first kappa shape index (κ1) is 17.5. The summed E-state index contributed by atoms with van der Waals surface area (Å²) in [6.07, 6.45) is 5.14. The van der Waals surface area contributed by atoms with E-state index >= 15 is 0 Å². The number of aromatic nitrogens is 5. The van der Waals surface area contributed by atoms with Crippen LogP contribution in [-0.2, 0) is 0 Å². The van der Waals surface area contributed by atoms with E-state index in [9.17, 15) is 4.79 Å². The summed E-state index contributed by atoms with van der Waals surface area (Å²) in [5.74, 6) is 0.929. The van der Waals surface area contributed by atoms with Crippen molar-refractivity contribution in [2.24, 2.45) is 0 Å². The average Bonchev–Trinajstić information content (AvgIpc) is 3.38. The summed E-state index contributed by atoms with van der Waals surface area (Å²) in [6, 6.07) is 14.7. The predicted molar refractivity (Wildman–Crippen MR) is 105 cm³/mol. The lowest BCUT2D eigenvalue weighted by Gasteiger charge is -2.10. The van der Waals surface area contributed by atoms with E-state index in [2.05, 4.69) is 20.2 Å². The fourth-order valence-electron chi connectivity index (χ4n) is 2.59. The molecule has 0 unspecified atom stereocenters. The van der Waals surface area contributed by atoms with Crippen molar-refractivity contribution < 1.29 is 4.79 Å². The van der Waals surface area contributed by atoms with Crippen LogP contribution in [0.2, 0.25) is 5.02 Å².